The predicted molar refractivity (Wildman–Crippen MR) is 76.6 cm³/mol. The van der Waals surface area contributed by atoms with E-state index in [1.165, 1.54) is 11.4 Å². The van der Waals surface area contributed by atoms with E-state index in [1.54, 1.807) is 26.9 Å². The van der Waals surface area contributed by atoms with Gasteiger partial charge in [-0.05, 0) is 25.5 Å². The lowest BCUT2D eigenvalue weighted by molar-refractivity contribution is -0.249. The SMILES string of the molecule is Bc1ccc(NC(=O)NC(C)(C(C)(F)F)C(F)(F)F)c(C)c1. The monoisotopic (exact) mass is 322 g/mol. The van der Waals surface area contributed by atoms with Crippen molar-refractivity contribution < 1.29 is 26.7 Å². The molecule has 22 heavy (non-hydrogen) atoms. The van der Waals surface area contributed by atoms with Gasteiger partial charge in [0.1, 0.15) is 7.85 Å². The number of anilines is 1. The number of aryl methyl sites for hydroxylation is 1. The molecule has 1 atom stereocenters. The molecule has 0 radical (unpaired) electrons. The normalized spacial score (nSPS) is 15.1. The number of urea groups is 1. The summed E-state index contributed by atoms with van der Waals surface area (Å²) in [4.78, 5) is 11.7. The van der Waals surface area contributed by atoms with Crippen molar-refractivity contribution in [2.75, 3.05) is 5.32 Å². The van der Waals surface area contributed by atoms with Crippen LogP contribution in [0.15, 0.2) is 18.2 Å². The van der Waals surface area contributed by atoms with Gasteiger partial charge in [-0.2, -0.15) is 13.2 Å². The van der Waals surface area contributed by atoms with Gasteiger partial charge in [0.25, 0.3) is 5.92 Å². The van der Waals surface area contributed by atoms with Crippen LogP contribution in [0.25, 0.3) is 0 Å². The first-order chi connectivity index (χ1) is 9.78. The molecule has 1 unspecified atom stereocenters. The Kier molecular flexibility index (Phi) is 4.79. The largest absolute Gasteiger partial charge is 0.417 e. The summed E-state index contributed by atoms with van der Waals surface area (Å²) >= 11 is 0. The molecule has 3 nitrogen and oxygen atoms in total. The van der Waals surface area contributed by atoms with Crippen molar-refractivity contribution in [2.45, 2.75) is 38.4 Å². The molecule has 0 aromatic heterocycles. The molecule has 0 heterocycles. The third-order valence-corrected chi connectivity index (χ3v) is 3.44. The Morgan fingerprint density at radius 2 is 1.68 bits per heavy atom. The summed E-state index contributed by atoms with van der Waals surface area (Å²) in [5, 5.41) is 3.49. The molecule has 122 valence electrons. The van der Waals surface area contributed by atoms with Crippen LogP contribution < -0.4 is 16.1 Å². The van der Waals surface area contributed by atoms with Crippen molar-refractivity contribution in [3.63, 3.8) is 0 Å². The third kappa shape index (κ3) is 3.69. The number of hydrogen-bond acceptors (Lipinski definition) is 1. The molecule has 9 heteroatoms. The molecule has 1 aromatic carbocycles. The molecule has 0 saturated carbocycles. The highest BCUT2D eigenvalue weighted by Crippen LogP contribution is 2.41. The number of alkyl halides is 5. The van der Waals surface area contributed by atoms with Crippen LogP contribution in [-0.4, -0.2) is 31.5 Å². The van der Waals surface area contributed by atoms with Crippen LogP contribution in [0.3, 0.4) is 0 Å². The molecular weight excluding hydrogens is 306 g/mol. The van der Waals surface area contributed by atoms with Crippen molar-refractivity contribution in [3.8, 4) is 0 Å². The Balaban J connectivity index is 2.99. The van der Waals surface area contributed by atoms with Crippen molar-refractivity contribution in [3.05, 3.63) is 23.8 Å². The lowest BCUT2D eigenvalue weighted by atomic mass is 9.93. The third-order valence-electron chi connectivity index (χ3n) is 3.44. The number of carbonyl (C=O) groups is 1. The lowest BCUT2D eigenvalue weighted by Crippen LogP contribution is -2.66. The maximum Gasteiger partial charge on any atom is 0.417 e. The van der Waals surface area contributed by atoms with E-state index in [9.17, 15) is 26.7 Å². The van der Waals surface area contributed by atoms with E-state index in [0.29, 0.717) is 5.56 Å². The average Bonchev–Trinajstić information content (AvgIpc) is 2.29. The molecular formula is C13H16BF5N2O. The maximum absolute atomic E-state index is 13.3. The number of carbonyl (C=O) groups excluding carboxylic acids is 1. The summed E-state index contributed by atoms with van der Waals surface area (Å²) in [6, 6.07) is 3.47. The van der Waals surface area contributed by atoms with Crippen molar-refractivity contribution in [2.24, 2.45) is 0 Å². The van der Waals surface area contributed by atoms with Gasteiger partial charge in [-0.15, -0.1) is 0 Å². The Bertz CT molecular complexity index is 555. The van der Waals surface area contributed by atoms with Gasteiger partial charge in [-0.3, -0.25) is 0 Å². The van der Waals surface area contributed by atoms with E-state index in [-0.39, 0.29) is 19.5 Å². The first-order valence-electron chi connectivity index (χ1n) is 6.39. The van der Waals surface area contributed by atoms with Crippen LogP contribution >= 0.6 is 0 Å². The zero-order valence-electron chi connectivity index (χ0n) is 12.5. The Labute approximate surface area is 125 Å². The molecule has 1 rings (SSSR count). The first kappa shape index (κ1) is 18.3. The van der Waals surface area contributed by atoms with Gasteiger partial charge < -0.3 is 10.6 Å². The van der Waals surface area contributed by atoms with E-state index in [0.717, 1.165) is 5.46 Å². The summed E-state index contributed by atoms with van der Waals surface area (Å²) in [6.45, 7) is 1.99. The molecule has 0 aliphatic heterocycles. The van der Waals surface area contributed by atoms with E-state index >= 15 is 0 Å². The Hall–Kier alpha value is -1.80. The van der Waals surface area contributed by atoms with Gasteiger partial charge in [-0.25, -0.2) is 13.6 Å². The van der Waals surface area contributed by atoms with Gasteiger partial charge in [-0.1, -0.05) is 17.6 Å². The highest BCUT2D eigenvalue weighted by molar-refractivity contribution is 6.32. The fraction of sp³-hybridized carbons (Fsp3) is 0.462. The molecule has 0 fully saturated rings. The zero-order valence-corrected chi connectivity index (χ0v) is 12.5. The van der Waals surface area contributed by atoms with E-state index < -0.39 is 23.7 Å². The smallest absolute Gasteiger partial charge is 0.319 e. The minimum absolute atomic E-state index is 0.109. The fourth-order valence-corrected chi connectivity index (χ4v) is 1.76. The van der Waals surface area contributed by atoms with E-state index in [4.69, 9.17) is 0 Å². The van der Waals surface area contributed by atoms with Crippen molar-refractivity contribution in [1.29, 1.82) is 0 Å². The molecule has 0 saturated heterocycles. The van der Waals surface area contributed by atoms with Gasteiger partial charge in [0.2, 0.25) is 0 Å². The standard InChI is InChI=1S/C13H16BF5N2O/c1-7-6-8(14)4-5-9(7)20-10(22)21-11(2,12(3,15)16)13(17,18)19/h4-6H,14H2,1-3H3,(H2,20,21,22). The zero-order chi connectivity index (χ0) is 17.3. The summed E-state index contributed by atoms with van der Waals surface area (Å²) in [5.41, 5.74) is -1.94. The maximum atomic E-state index is 13.3. The number of nitrogens with one attached hydrogen (secondary N) is 2. The molecule has 0 aliphatic rings. The van der Waals surface area contributed by atoms with Gasteiger partial charge in [0.05, 0.1) is 0 Å². The second kappa shape index (κ2) is 5.77. The van der Waals surface area contributed by atoms with Crippen LogP contribution in [0.2, 0.25) is 0 Å². The molecule has 2 amide bonds. The molecule has 1 aromatic rings. The summed E-state index contributed by atoms with van der Waals surface area (Å²) < 4.78 is 65.4. The van der Waals surface area contributed by atoms with Gasteiger partial charge in [0, 0.05) is 12.6 Å². The number of halogens is 5. The average molecular weight is 322 g/mol. The Morgan fingerprint density at radius 1 is 1.14 bits per heavy atom. The van der Waals surface area contributed by atoms with Gasteiger partial charge in [0.15, 0.2) is 5.54 Å². The van der Waals surface area contributed by atoms with Gasteiger partial charge >= 0.3 is 12.2 Å². The Morgan fingerprint density at radius 3 is 2.09 bits per heavy atom. The van der Waals surface area contributed by atoms with Crippen molar-refractivity contribution >= 4 is 25.0 Å². The first-order valence-corrected chi connectivity index (χ1v) is 6.39. The van der Waals surface area contributed by atoms with E-state index in [2.05, 4.69) is 5.32 Å². The highest BCUT2D eigenvalue weighted by atomic mass is 19.4. The van der Waals surface area contributed by atoms with Crippen LogP contribution in [0.5, 0.6) is 0 Å². The lowest BCUT2D eigenvalue weighted by Gasteiger charge is -2.37. The number of amides is 2. The molecule has 0 spiro atoms. The minimum Gasteiger partial charge on any atom is -0.319 e. The van der Waals surface area contributed by atoms with Crippen LogP contribution in [0.4, 0.5) is 32.4 Å². The molecule has 0 bridgehead atoms. The summed E-state index contributed by atoms with van der Waals surface area (Å²) in [5.74, 6) is -4.19. The fourth-order valence-electron chi connectivity index (χ4n) is 1.76. The van der Waals surface area contributed by atoms with Crippen LogP contribution in [-0.2, 0) is 0 Å². The predicted octanol–water partition coefficient (Wildman–Crippen LogP) is 2.35. The second-order valence-electron chi connectivity index (χ2n) is 5.41. The van der Waals surface area contributed by atoms with Crippen molar-refractivity contribution in [1.82, 2.24) is 5.32 Å². The summed E-state index contributed by atoms with van der Waals surface area (Å²) in [6.07, 6.45) is -5.31. The highest BCUT2D eigenvalue weighted by Gasteiger charge is 2.65. The molecule has 2 N–H and O–H groups in total. The van der Waals surface area contributed by atoms with Crippen LogP contribution in [0, 0.1) is 6.92 Å². The quantitative estimate of drug-likeness (QED) is 0.651. The van der Waals surface area contributed by atoms with E-state index in [1.807, 2.05) is 0 Å². The molecule has 0 aliphatic carbocycles. The number of benzene rings is 1. The summed E-state index contributed by atoms with van der Waals surface area (Å²) in [7, 11) is 1.80. The minimum atomic E-state index is -5.31. The second-order valence-corrected chi connectivity index (χ2v) is 5.41. The number of hydrogen-bond donors (Lipinski definition) is 2. The number of rotatable bonds is 3. The topological polar surface area (TPSA) is 41.1 Å². The van der Waals surface area contributed by atoms with Crippen LogP contribution in [0.1, 0.15) is 19.4 Å².